The van der Waals surface area contributed by atoms with Crippen LogP contribution in [-0.4, -0.2) is 75.5 Å². The van der Waals surface area contributed by atoms with Gasteiger partial charge in [-0.1, -0.05) is 44.2 Å². The summed E-state index contributed by atoms with van der Waals surface area (Å²) >= 11 is 0. The predicted molar refractivity (Wildman–Crippen MR) is 180 cm³/mol. The van der Waals surface area contributed by atoms with Crippen molar-refractivity contribution in [1.29, 1.82) is 0 Å². The molecule has 0 saturated carbocycles. The number of carbonyl (C=O) groups is 3. The van der Waals surface area contributed by atoms with Gasteiger partial charge < -0.3 is 20.4 Å². The van der Waals surface area contributed by atoms with Crippen molar-refractivity contribution in [3.63, 3.8) is 0 Å². The minimum atomic E-state index is -4.10. The van der Waals surface area contributed by atoms with Gasteiger partial charge in [-0.2, -0.15) is 9.40 Å². The zero-order valence-corrected chi connectivity index (χ0v) is 28.8. The first-order valence-corrected chi connectivity index (χ1v) is 17.7. The molecule has 0 saturated heterocycles. The predicted octanol–water partition coefficient (Wildman–Crippen LogP) is 1.56. The Hall–Kier alpha value is -4.83. The van der Waals surface area contributed by atoms with Crippen molar-refractivity contribution >= 4 is 38.8 Å². The number of benzene rings is 2. The number of rotatable bonds is 5. The summed E-state index contributed by atoms with van der Waals surface area (Å²) in [5, 5.41) is 13.1. The number of hydrogen-bond acceptors (Lipinski definition) is 9. The van der Waals surface area contributed by atoms with E-state index in [4.69, 9.17) is 4.42 Å². The SMILES string of the molecule is Cc1nc2n(n1)CC(=O)NCCCN(S(=O)(=O)c1ccc3c(c1)oc(=O)n3C)CCCC(=O)N[C@H](Cc1ccccc1)C(=O)N[C@H]2C(C)C. The lowest BCUT2D eigenvalue weighted by atomic mass is 10.0. The average molecular weight is 695 g/mol. The average Bonchev–Trinajstić information content (AvgIpc) is 3.56. The number of nitrogens with one attached hydrogen (secondary N) is 3. The van der Waals surface area contributed by atoms with Gasteiger partial charge in [0, 0.05) is 45.6 Å². The summed E-state index contributed by atoms with van der Waals surface area (Å²) in [7, 11) is -2.57. The van der Waals surface area contributed by atoms with E-state index < -0.39 is 39.7 Å². The zero-order chi connectivity index (χ0) is 35.3. The molecule has 49 heavy (non-hydrogen) atoms. The van der Waals surface area contributed by atoms with E-state index in [-0.39, 0.29) is 74.2 Å². The van der Waals surface area contributed by atoms with E-state index in [1.165, 1.54) is 38.8 Å². The van der Waals surface area contributed by atoms with E-state index in [1.54, 1.807) is 6.92 Å². The van der Waals surface area contributed by atoms with E-state index in [2.05, 4.69) is 26.0 Å². The Morgan fingerprint density at radius 1 is 0.980 bits per heavy atom. The molecule has 2 aromatic heterocycles. The van der Waals surface area contributed by atoms with Crippen LogP contribution in [0, 0.1) is 12.8 Å². The van der Waals surface area contributed by atoms with Crippen LogP contribution in [0.1, 0.15) is 56.4 Å². The Bertz CT molecular complexity index is 1980. The van der Waals surface area contributed by atoms with E-state index in [9.17, 15) is 27.6 Å². The molecule has 0 spiro atoms. The van der Waals surface area contributed by atoms with E-state index in [1.807, 2.05) is 44.2 Å². The van der Waals surface area contributed by atoms with Crippen LogP contribution in [0.2, 0.25) is 0 Å². The molecule has 0 radical (unpaired) electrons. The van der Waals surface area contributed by atoms with Crippen LogP contribution >= 0.6 is 0 Å². The normalized spacial score (nSPS) is 19.5. The summed E-state index contributed by atoms with van der Waals surface area (Å²) < 4.78 is 36.9. The van der Waals surface area contributed by atoms with Gasteiger partial charge in [0.1, 0.15) is 18.4 Å². The largest absolute Gasteiger partial charge is 0.419 e. The van der Waals surface area contributed by atoms with Crippen LogP contribution in [0.15, 0.2) is 62.6 Å². The van der Waals surface area contributed by atoms with Crippen LogP contribution in [0.5, 0.6) is 0 Å². The van der Waals surface area contributed by atoms with Crippen molar-refractivity contribution in [2.45, 2.75) is 70.0 Å². The molecule has 15 nitrogen and oxygen atoms in total. The fraction of sp³-hybridized carbons (Fsp3) is 0.455. The van der Waals surface area contributed by atoms with Crippen molar-refractivity contribution in [2.24, 2.45) is 13.0 Å². The first-order chi connectivity index (χ1) is 23.3. The third-order valence-corrected chi connectivity index (χ3v) is 10.3. The van der Waals surface area contributed by atoms with Gasteiger partial charge >= 0.3 is 5.76 Å². The van der Waals surface area contributed by atoms with E-state index >= 15 is 0 Å². The lowest BCUT2D eigenvalue weighted by molar-refractivity contribution is -0.129. The molecule has 0 bridgehead atoms. The summed E-state index contributed by atoms with van der Waals surface area (Å²) in [6.07, 6.45) is 0.620. The smallest absolute Gasteiger partial charge is 0.408 e. The van der Waals surface area contributed by atoms with Gasteiger partial charge in [0.15, 0.2) is 11.4 Å². The molecule has 16 heteroatoms. The Balaban J connectivity index is 1.43. The Labute approximate surface area is 284 Å². The molecule has 0 fully saturated rings. The lowest BCUT2D eigenvalue weighted by Crippen LogP contribution is -2.50. The summed E-state index contributed by atoms with van der Waals surface area (Å²) in [5.41, 5.74) is 1.42. The molecule has 1 aliphatic heterocycles. The summed E-state index contributed by atoms with van der Waals surface area (Å²) in [4.78, 5) is 56.6. The topological polar surface area (TPSA) is 191 Å². The molecule has 0 aliphatic carbocycles. The van der Waals surface area contributed by atoms with Gasteiger partial charge in [0.25, 0.3) is 0 Å². The standard InChI is InChI=1S/C33H42N8O7S/c1-21(2)30-31-35-22(3)38-41(31)20-29(43)34-15-9-17-40(49(46,47)24-13-14-26-27(19-24)48-33(45)39(26)4)16-8-12-28(42)36-25(32(44)37-30)18-23-10-6-5-7-11-23/h5-7,10-11,13-14,19,21,25,30H,8-9,12,15-18,20H2,1-4H3,(H,34,43)(H,36,42)(H,37,44)/t25-,30+/m1/s1. The summed E-state index contributed by atoms with van der Waals surface area (Å²) in [6, 6.07) is 12.0. The number of hydrogen-bond donors (Lipinski definition) is 3. The molecule has 3 N–H and O–H groups in total. The maximum Gasteiger partial charge on any atom is 0.419 e. The number of nitrogens with zero attached hydrogens (tertiary/aromatic N) is 5. The molecule has 0 unspecified atom stereocenters. The highest BCUT2D eigenvalue weighted by Crippen LogP contribution is 2.23. The summed E-state index contributed by atoms with van der Waals surface area (Å²) in [5.74, 6) is -1.10. The lowest BCUT2D eigenvalue weighted by Gasteiger charge is -2.26. The molecule has 3 amide bonds. The third kappa shape index (κ3) is 8.43. The first-order valence-electron chi connectivity index (χ1n) is 16.2. The van der Waals surface area contributed by atoms with Crippen molar-refractivity contribution in [2.75, 3.05) is 19.6 Å². The first kappa shape index (κ1) is 35.5. The maximum atomic E-state index is 13.9. The second-order valence-electron chi connectivity index (χ2n) is 12.5. The maximum absolute atomic E-state index is 13.9. The fourth-order valence-electron chi connectivity index (χ4n) is 5.79. The van der Waals surface area contributed by atoms with E-state index in [0.29, 0.717) is 17.2 Å². The Morgan fingerprint density at radius 3 is 2.45 bits per heavy atom. The molecule has 5 rings (SSSR count). The van der Waals surface area contributed by atoms with E-state index in [0.717, 1.165) is 5.56 Å². The number of aromatic nitrogens is 4. The molecule has 1 aliphatic rings. The number of aryl methyl sites for hydroxylation is 2. The third-order valence-electron chi connectivity index (χ3n) is 8.40. The van der Waals surface area contributed by atoms with Crippen LogP contribution in [-0.2, 0) is 44.4 Å². The Morgan fingerprint density at radius 2 is 1.71 bits per heavy atom. The molecule has 4 aromatic rings. The summed E-state index contributed by atoms with van der Waals surface area (Å²) in [6.45, 7) is 5.59. The number of amides is 3. The second-order valence-corrected chi connectivity index (χ2v) is 14.4. The minimum Gasteiger partial charge on any atom is -0.408 e. The van der Waals surface area contributed by atoms with Gasteiger partial charge in [-0.25, -0.2) is 22.9 Å². The number of sulfonamides is 1. The minimum absolute atomic E-state index is 0.00690. The van der Waals surface area contributed by atoms with Crippen LogP contribution in [0.3, 0.4) is 0 Å². The van der Waals surface area contributed by atoms with Crippen molar-refractivity contribution in [3.05, 3.63) is 76.3 Å². The number of oxazole rings is 1. The number of carbonyl (C=O) groups excluding carboxylic acids is 3. The molecule has 3 heterocycles. The van der Waals surface area contributed by atoms with Gasteiger partial charge in [0.2, 0.25) is 27.7 Å². The molecule has 262 valence electrons. The van der Waals surface area contributed by atoms with Gasteiger partial charge in [-0.05, 0) is 43.4 Å². The molecular weight excluding hydrogens is 652 g/mol. The van der Waals surface area contributed by atoms with Crippen LogP contribution in [0.4, 0.5) is 0 Å². The van der Waals surface area contributed by atoms with Crippen molar-refractivity contribution in [1.82, 2.24) is 39.6 Å². The highest BCUT2D eigenvalue weighted by atomic mass is 32.2. The van der Waals surface area contributed by atoms with Crippen LogP contribution < -0.4 is 21.7 Å². The highest BCUT2D eigenvalue weighted by Gasteiger charge is 2.30. The van der Waals surface area contributed by atoms with Gasteiger partial charge in [-0.15, -0.1) is 0 Å². The van der Waals surface area contributed by atoms with Gasteiger partial charge in [0.05, 0.1) is 16.5 Å². The molecule has 2 atom stereocenters. The Kier molecular flexibility index (Phi) is 11.0. The van der Waals surface area contributed by atoms with Gasteiger partial charge in [-0.3, -0.25) is 19.0 Å². The highest BCUT2D eigenvalue weighted by molar-refractivity contribution is 7.89. The van der Waals surface area contributed by atoms with Crippen molar-refractivity contribution < 1.29 is 27.2 Å². The fourth-order valence-corrected chi connectivity index (χ4v) is 7.33. The molecule has 2 aromatic carbocycles. The molecular formula is C33H42N8O7S. The monoisotopic (exact) mass is 694 g/mol. The van der Waals surface area contributed by atoms with Crippen molar-refractivity contribution in [3.8, 4) is 0 Å². The quantitative estimate of drug-likeness (QED) is 0.278. The second kappa shape index (κ2) is 15.2. The van der Waals surface area contributed by atoms with Crippen LogP contribution in [0.25, 0.3) is 11.1 Å². The zero-order valence-electron chi connectivity index (χ0n) is 28.0. The number of fused-ring (bicyclic) bond motifs is 2.